The van der Waals surface area contributed by atoms with Crippen LogP contribution >= 0.6 is 0 Å². The molecule has 3 rings (SSSR count). The molecule has 2 aliphatic rings. The Morgan fingerprint density at radius 2 is 2.15 bits per heavy atom. The van der Waals surface area contributed by atoms with E-state index in [1.807, 2.05) is 24.3 Å². The lowest BCUT2D eigenvalue weighted by Crippen LogP contribution is -2.53. The number of carbonyl (C=O) groups excluding carboxylic acids is 1. The maximum absolute atomic E-state index is 12.6. The van der Waals surface area contributed by atoms with E-state index in [1.54, 1.807) is 12.0 Å². The first kappa shape index (κ1) is 19.8. The van der Waals surface area contributed by atoms with Crippen molar-refractivity contribution in [2.24, 2.45) is 0 Å². The van der Waals surface area contributed by atoms with E-state index >= 15 is 0 Å². The van der Waals surface area contributed by atoms with Gasteiger partial charge in [-0.2, -0.15) is 0 Å². The Balaban J connectivity index is 1.52. The molecule has 150 valence electrons. The molecule has 27 heavy (non-hydrogen) atoms. The van der Waals surface area contributed by atoms with Crippen molar-refractivity contribution in [3.8, 4) is 5.75 Å². The number of morpholine rings is 1. The molecule has 2 atom stereocenters. The van der Waals surface area contributed by atoms with Crippen LogP contribution in [-0.4, -0.2) is 83.4 Å². The Labute approximate surface area is 160 Å². The molecule has 0 spiro atoms. The average molecular weight is 397 g/mol. The summed E-state index contributed by atoms with van der Waals surface area (Å²) >= 11 is 0. The summed E-state index contributed by atoms with van der Waals surface area (Å²) in [6.45, 7) is 2.71. The minimum absolute atomic E-state index is 0.0555. The molecular formula is C18H27N3O5S. The first-order valence-corrected chi connectivity index (χ1v) is 11.1. The third kappa shape index (κ3) is 5.49. The summed E-state index contributed by atoms with van der Waals surface area (Å²) in [6.07, 6.45) is 1.58. The number of carbonyl (C=O) groups is 1. The number of anilines is 1. The number of ether oxygens (including phenoxy) is 2. The van der Waals surface area contributed by atoms with E-state index in [4.69, 9.17) is 9.47 Å². The number of benzene rings is 1. The molecule has 9 heteroatoms. The van der Waals surface area contributed by atoms with Crippen molar-refractivity contribution in [2.45, 2.75) is 18.6 Å². The highest BCUT2D eigenvalue weighted by atomic mass is 32.2. The Hall–Kier alpha value is -2.00. The van der Waals surface area contributed by atoms with E-state index in [0.29, 0.717) is 19.7 Å². The smallest absolute Gasteiger partial charge is 0.317 e. The number of hydrogen-bond acceptors (Lipinski definition) is 6. The van der Waals surface area contributed by atoms with Crippen LogP contribution in [0.25, 0.3) is 0 Å². The van der Waals surface area contributed by atoms with E-state index < -0.39 is 15.9 Å². The van der Waals surface area contributed by atoms with Crippen LogP contribution < -0.4 is 15.0 Å². The normalized spacial score (nSPS) is 23.3. The van der Waals surface area contributed by atoms with Crippen molar-refractivity contribution in [3.05, 3.63) is 24.3 Å². The van der Waals surface area contributed by atoms with Gasteiger partial charge in [-0.1, -0.05) is 6.07 Å². The second-order valence-electron chi connectivity index (χ2n) is 7.11. The van der Waals surface area contributed by atoms with Gasteiger partial charge in [-0.15, -0.1) is 0 Å². The lowest BCUT2D eigenvalue weighted by atomic mass is 10.2. The summed E-state index contributed by atoms with van der Waals surface area (Å²) < 4.78 is 33.7. The van der Waals surface area contributed by atoms with Crippen molar-refractivity contribution in [2.75, 3.05) is 56.8 Å². The van der Waals surface area contributed by atoms with Crippen LogP contribution in [0.4, 0.5) is 10.5 Å². The summed E-state index contributed by atoms with van der Waals surface area (Å²) in [7, 11) is -1.49. The molecule has 8 nitrogen and oxygen atoms in total. The van der Waals surface area contributed by atoms with Crippen LogP contribution in [0.2, 0.25) is 0 Å². The molecule has 1 aromatic rings. The van der Waals surface area contributed by atoms with Gasteiger partial charge < -0.3 is 24.6 Å². The molecule has 2 unspecified atom stereocenters. The highest BCUT2D eigenvalue weighted by Crippen LogP contribution is 2.24. The fraction of sp³-hybridized carbons (Fsp3) is 0.611. The zero-order valence-electron chi connectivity index (χ0n) is 15.8. The van der Waals surface area contributed by atoms with Crippen LogP contribution in [0.1, 0.15) is 6.42 Å². The quantitative estimate of drug-likeness (QED) is 0.788. The molecule has 2 fully saturated rings. The Bertz CT molecular complexity index is 770. The number of sulfone groups is 1. The molecule has 0 aromatic heterocycles. The highest BCUT2D eigenvalue weighted by molar-refractivity contribution is 7.90. The summed E-state index contributed by atoms with van der Waals surface area (Å²) in [5.41, 5.74) is 1.07. The molecule has 0 radical (unpaired) electrons. The summed E-state index contributed by atoms with van der Waals surface area (Å²) in [4.78, 5) is 16.4. The number of urea groups is 1. The second kappa shape index (κ2) is 8.35. The molecule has 0 bridgehead atoms. The van der Waals surface area contributed by atoms with E-state index in [1.165, 1.54) is 6.26 Å². The summed E-state index contributed by atoms with van der Waals surface area (Å²) in [5, 5.41) is 3.07. The topological polar surface area (TPSA) is 88.2 Å². The third-order valence-corrected chi connectivity index (χ3v) is 5.83. The molecule has 0 aliphatic carbocycles. The Kier molecular flexibility index (Phi) is 6.11. The maximum Gasteiger partial charge on any atom is 0.317 e. The van der Waals surface area contributed by atoms with Gasteiger partial charge in [0.15, 0.2) is 0 Å². The van der Waals surface area contributed by atoms with E-state index in [0.717, 1.165) is 30.9 Å². The lowest BCUT2D eigenvalue weighted by molar-refractivity contribution is -0.00197. The molecule has 2 amide bonds. The number of hydrogen-bond donors (Lipinski definition) is 1. The number of nitrogens with one attached hydrogen (secondary N) is 1. The number of nitrogens with zero attached hydrogens (tertiary/aromatic N) is 2. The molecule has 2 saturated heterocycles. The van der Waals surface area contributed by atoms with Crippen molar-refractivity contribution >= 4 is 21.6 Å². The van der Waals surface area contributed by atoms with Gasteiger partial charge in [0.05, 0.1) is 25.6 Å². The van der Waals surface area contributed by atoms with Crippen molar-refractivity contribution in [3.63, 3.8) is 0 Å². The van der Waals surface area contributed by atoms with Crippen LogP contribution in [0.3, 0.4) is 0 Å². The van der Waals surface area contributed by atoms with E-state index in [-0.39, 0.29) is 17.8 Å². The van der Waals surface area contributed by atoms with Gasteiger partial charge in [-0.05, 0) is 18.6 Å². The zero-order valence-corrected chi connectivity index (χ0v) is 16.6. The number of rotatable bonds is 5. The lowest BCUT2D eigenvalue weighted by Gasteiger charge is -2.33. The first-order chi connectivity index (χ1) is 12.8. The van der Waals surface area contributed by atoms with Gasteiger partial charge in [-0.25, -0.2) is 13.2 Å². The van der Waals surface area contributed by atoms with Gasteiger partial charge in [0, 0.05) is 50.2 Å². The summed E-state index contributed by atoms with van der Waals surface area (Å²) in [6, 6.07) is 7.78. The van der Waals surface area contributed by atoms with E-state index in [2.05, 4.69) is 10.2 Å². The predicted octanol–water partition coefficient (Wildman–Crippen LogP) is 0.729. The molecule has 0 saturated carbocycles. The standard InChI is InChI=1S/C18H27N3O5S/c1-25-16-5-3-4-15(10-16)20-7-6-14(11-20)19-18(22)21-8-9-26-17(12-21)13-27(2,23)24/h3-5,10,14,17H,6-9,11-13H2,1-2H3,(H,19,22). The predicted molar refractivity (Wildman–Crippen MR) is 103 cm³/mol. The Morgan fingerprint density at radius 1 is 1.33 bits per heavy atom. The zero-order chi connectivity index (χ0) is 19.4. The van der Waals surface area contributed by atoms with Gasteiger partial charge >= 0.3 is 6.03 Å². The molecular weight excluding hydrogens is 370 g/mol. The monoisotopic (exact) mass is 397 g/mol. The average Bonchev–Trinajstić information content (AvgIpc) is 3.09. The fourth-order valence-electron chi connectivity index (χ4n) is 3.53. The van der Waals surface area contributed by atoms with Gasteiger partial charge in [0.1, 0.15) is 15.6 Å². The van der Waals surface area contributed by atoms with Crippen LogP contribution in [0.15, 0.2) is 24.3 Å². The Morgan fingerprint density at radius 3 is 2.89 bits per heavy atom. The molecule has 2 heterocycles. The van der Waals surface area contributed by atoms with Gasteiger partial charge in [0.25, 0.3) is 0 Å². The van der Waals surface area contributed by atoms with Gasteiger partial charge in [0.2, 0.25) is 0 Å². The molecule has 1 N–H and O–H groups in total. The fourth-order valence-corrected chi connectivity index (χ4v) is 4.40. The highest BCUT2D eigenvalue weighted by Gasteiger charge is 2.30. The first-order valence-electron chi connectivity index (χ1n) is 9.08. The number of methoxy groups -OCH3 is 1. The minimum atomic E-state index is -3.14. The second-order valence-corrected chi connectivity index (χ2v) is 9.30. The summed E-state index contributed by atoms with van der Waals surface area (Å²) in [5.74, 6) is 0.745. The van der Waals surface area contributed by atoms with Crippen molar-refractivity contribution in [1.82, 2.24) is 10.2 Å². The molecule has 2 aliphatic heterocycles. The van der Waals surface area contributed by atoms with Crippen LogP contribution in [0, 0.1) is 0 Å². The van der Waals surface area contributed by atoms with Crippen LogP contribution in [0.5, 0.6) is 5.75 Å². The third-order valence-electron chi connectivity index (χ3n) is 4.85. The van der Waals surface area contributed by atoms with Crippen molar-refractivity contribution < 1.29 is 22.7 Å². The number of amides is 2. The largest absolute Gasteiger partial charge is 0.497 e. The SMILES string of the molecule is COc1cccc(N2CCC(NC(=O)N3CCOC(CS(C)(=O)=O)C3)C2)c1. The van der Waals surface area contributed by atoms with Gasteiger partial charge in [-0.3, -0.25) is 0 Å². The molecule has 1 aromatic carbocycles. The van der Waals surface area contributed by atoms with E-state index in [9.17, 15) is 13.2 Å². The van der Waals surface area contributed by atoms with Crippen molar-refractivity contribution in [1.29, 1.82) is 0 Å². The maximum atomic E-state index is 12.6. The minimum Gasteiger partial charge on any atom is -0.497 e. The van der Waals surface area contributed by atoms with Crippen LogP contribution in [-0.2, 0) is 14.6 Å².